The van der Waals surface area contributed by atoms with E-state index < -0.39 is 6.10 Å². The van der Waals surface area contributed by atoms with Crippen LogP contribution in [0.2, 0.25) is 0 Å². The summed E-state index contributed by atoms with van der Waals surface area (Å²) in [7, 11) is 1.65. The number of rotatable bonds is 10. The first-order chi connectivity index (χ1) is 9.98. The van der Waals surface area contributed by atoms with Crippen LogP contribution in [0.3, 0.4) is 0 Å². The lowest BCUT2D eigenvalue weighted by Crippen LogP contribution is -2.32. The lowest BCUT2D eigenvalue weighted by atomic mass is 9.87. The number of hydrogen-bond donors (Lipinski definition) is 2. The molecule has 1 unspecified atom stereocenters. The van der Waals surface area contributed by atoms with Gasteiger partial charge in [0.15, 0.2) is 0 Å². The molecule has 0 aliphatic carbocycles. The number of aliphatic hydroxyl groups excluding tert-OH is 1. The van der Waals surface area contributed by atoms with Gasteiger partial charge in [0, 0.05) is 13.1 Å². The molecule has 0 aliphatic rings. The van der Waals surface area contributed by atoms with Crippen molar-refractivity contribution in [3.05, 3.63) is 29.8 Å². The number of unbranched alkanes of at least 4 members (excludes halogenated alkanes) is 2. The van der Waals surface area contributed by atoms with Gasteiger partial charge in [-0.05, 0) is 29.5 Å². The van der Waals surface area contributed by atoms with Gasteiger partial charge >= 0.3 is 0 Å². The maximum atomic E-state index is 10.2. The summed E-state index contributed by atoms with van der Waals surface area (Å²) in [5.74, 6) is 0.816. The zero-order valence-corrected chi connectivity index (χ0v) is 14.0. The third-order valence-electron chi connectivity index (χ3n) is 3.90. The molecule has 0 bridgehead atoms. The van der Waals surface area contributed by atoms with Crippen LogP contribution in [0.4, 0.5) is 0 Å². The van der Waals surface area contributed by atoms with E-state index in [9.17, 15) is 5.11 Å². The molecule has 0 spiro atoms. The Morgan fingerprint density at radius 1 is 1.19 bits per heavy atom. The highest BCUT2D eigenvalue weighted by Crippen LogP contribution is 2.23. The Labute approximate surface area is 129 Å². The zero-order chi connectivity index (χ0) is 15.7. The van der Waals surface area contributed by atoms with Crippen LogP contribution in [0, 0.1) is 5.41 Å². The molecule has 0 heterocycles. The van der Waals surface area contributed by atoms with Gasteiger partial charge in [0.2, 0.25) is 0 Å². The van der Waals surface area contributed by atoms with Gasteiger partial charge in [0.05, 0.1) is 13.2 Å². The fraction of sp³-hybridized carbons (Fsp3) is 0.667. The highest BCUT2D eigenvalue weighted by molar-refractivity contribution is 5.28. The molecule has 0 saturated heterocycles. The Bertz CT molecular complexity index is 387. The van der Waals surface area contributed by atoms with Crippen LogP contribution in [0.25, 0.3) is 0 Å². The molecule has 0 radical (unpaired) electrons. The SMILES string of the molecule is CCCCCC(C)(C)CNCC(O)c1ccc(OC)cc1. The lowest BCUT2D eigenvalue weighted by Gasteiger charge is -2.26. The van der Waals surface area contributed by atoms with Crippen LogP contribution in [0.15, 0.2) is 24.3 Å². The third-order valence-corrected chi connectivity index (χ3v) is 3.90. The molecule has 1 aromatic carbocycles. The average molecular weight is 293 g/mol. The minimum atomic E-state index is -0.470. The van der Waals surface area contributed by atoms with E-state index in [2.05, 4.69) is 26.1 Å². The highest BCUT2D eigenvalue weighted by Gasteiger charge is 2.17. The molecule has 3 nitrogen and oxygen atoms in total. The van der Waals surface area contributed by atoms with Crippen LogP contribution in [0.1, 0.15) is 58.1 Å². The number of aliphatic hydroxyl groups is 1. The molecule has 120 valence electrons. The van der Waals surface area contributed by atoms with Crippen molar-refractivity contribution in [3.8, 4) is 5.75 Å². The topological polar surface area (TPSA) is 41.5 Å². The first kappa shape index (κ1) is 18.0. The molecule has 0 fully saturated rings. The van der Waals surface area contributed by atoms with Crippen LogP contribution < -0.4 is 10.1 Å². The van der Waals surface area contributed by atoms with Gasteiger partial charge in [-0.1, -0.05) is 52.2 Å². The van der Waals surface area contributed by atoms with Crippen molar-refractivity contribution in [3.63, 3.8) is 0 Å². The second-order valence-corrected chi connectivity index (χ2v) is 6.54. The van der Waals surface area contributed by atoms with Crippen molar-refractivity contribution in [2.24, 2.45) is 5.41 Å². The summed E-state index contributed by atoms with van der Waals surface area (Å²) in [4.78, 5) is 0. The Hall–Kier alpha value is -1.06. The van der Waals surface area contributed by atoms with Crippen molar-refractivity contribution in [1.29, 1.82) is 0 Å². The van der Waals surface area contributed by atoms with E-state index in [0.29, 0.717) is 6.54 Å². The molecule has 3 heteroatoms. The van der Waals surface area contributed by atoms with Crippen molar-refractivity contribution in [2.45, 2.75) is 52.6 Å². The Kier molecular flexibility index (Phi) is 7.76. The average Bonchev–Trinajstić information content (AvgIpc) is 2.47. The van der Waals surface area contributed by atoms with Gasteiger partial charge in [-0.3, -0.25) is 0 Å². The fourth-order valence-corrected chi connectivity index (χ4v) is 2.43. The van der Waals surface area contributed by atoms with Gasteiger partial charge in [-0.2, -0.15) is 0 Å². The Balaban J connectivity index is 2.33. The quantitative estimate of drug-likeness (QED) is 0.642. The van der Waals surface area contributed by atoms with Crippen LogP contribution in [-0.2, 0) is 0 Å². The second kappa shape index (κ2) is 9.06. The minimum absolute atomic E-state index is 0.287. The predicted molar refractivity (Wildman–Crippen MR) is 88.7 cm³/mol. The van der Waals surface area contributed by atoms with Crippen molar-refractivity contribution < 1.29 is 9.84 Å². The van der Waals surface area contributed by atoms with Gasteiger partial charge in [0.1, 0.15) is 5.75 Å². The van der Waals surface area contributed by atoms with E-state index >= 15 is 0 Å². The van der Waals surface area contributed by atoms with E-state index in [1.165, 1.54) is 25.7 Å². The summed E-state index contributed by atoms with van der Waals surface area (Å²) < 4.78 is 5.12. The molecule has 0 saturated carbocycles. The minimum Gasteiger partial charge on any atom is -0.497 e. The van der Waals surface area contributed by atoms with E-state index in [1.807, 2.05) is 24.3 Å². The molecule has 21 heavy (non-hydrogen) atoms. The van der Waals surface area contributed by atoms with Crippen LogP contribution >= 0.6 is 0 Å². The first-order valence-corrected chi connectivity index (χ1v) is 8.01. The van der Waals surface area contributed by atoms with Crippen molar-refractivity contribution in [2.75, 3.05) is 20.2 Å². The molecule has 1 rings (SSSR count). The summed E-state index contributed by atoms with van der Waals surface area (Å²) in [6.07, 6.45) is 4.61. The van der Waals surface area contributed by atoms with E-state index in [-0.39, 0.29) is 5.41 Å². The predicted octanol–water partition coefficient (Wildman–Crippen LogP) is 3.92. The van der Waals surface area contributed by atoms with Gasteiger partial charge < -0.3 is 15.2 Å². The summed E-state index contributed by atoms with van der Waals surface area (Å²) >= 11 is 0. The van der Waals surface area contributed by atoms with Crippen LogP contribution in [0.5, 0.6) is 5.75 Å². The van der Waals surface area contributed by atoms with Gasteiger partial charge in [-0.25, -0.2) is 0 Å². The summed E-state index contributed by atoms with van der Waals surface area (Å²) in [6, 6.07) is 7.59. The Morgan fingerprint density at radius 2 is 1.86 bits per heavy atom. The van der Waals surface area contributed by atoms with E-state index in [0.717, 1.165) is 17.9 Å². The number of ether oxygens (including phenoxy) is 1. The van der Waals surface area contributed by atoms with E-state index in [4.69, 9.17) is 4.74 Å². The summed E-state index contributed by atoms with van der Waals surface area (Å²) in [5, 5.41) is 13.6. The molecule has 0 aliphatic heterocycles. The smallest absolute Gasteiger partial charge is 0.118 e. The molecule has 0 amide bonds. The maximum Gasteiger partial charge on any atom is 0.118 e. The zero-order valence-electron chi connectivity index (χ0n) is 14.0. The molecule has 1 aromatic rings. The molecular formula is C18H31NO2. The fourth-order valence-electron chi connectivity index (χ4n) is 2.43. The second-order valence-electron chi connectivity index (χ2n) is 6.54. The monoisotopic (exact) mass is 293 g/mol. The van der Waals surface area contributed by atoms with Gasteiger partial charge in [0.25, 0.3) is 0 Å². The summed E-state index contributed by atoms with van der Waals surface area (Å²) in [6.45, 7) is 8.33. The number of benzene rings is 1. The first-order valence-electron chi connectivity index (χ1n) is 8.01. The Morgan fingerprint density at radius 3 is 2.43 bits per heavy atom. The van der Waals surface area contributed by atoms with Gasteiger partial charge in [-0.15, -0.1) is 0 Å². The molecule has 1 atom stereocenters. The van der Waals surface area contributed by atoms with Crippen molar-refractivity contribution >= 4 is 0 Å². The molecule has 0 aromatic heterocycles. The van der Waals surface area contributed by atoms with Crippen LogP contribution in [-0.4, -0.2) is 25.3 Å². The molecule has 2 N–H and O–H groups in total. The number of hydrogen-bond acceptors (Lipinski definition) is 3. The number of methoxy groups -OCH3 is 1. The standard InChI is InChI=1S/C18H31NO2/c1-5-6-7-12-18(2,3)14-19-13-17(20)15-8-10-16(21-4)11-9-15/h8-11,17,19-20H,5-7,12-14H2,1-4H3. The van der Waals surface area contributed by atoms with E-state index in [1.54, 1.807) is 7.11 Å². The maximum absolute atomic E-state index is 10.2. The highest BCUT2D eigenvalue weighted by atomic mass is 16.5. The van der Waals surface area contributed by atoms with Crippen molar-refractivity contribution in [1.82, 2.24) is 5.32 Å². The largest absolute Gasteiger partial charge is 0.497 e. The number of nitrogens with one attached hydrogen (secondary N) is 1. The third kappa shape index (κ3) is 6.96. The normalized spacial score (nSPS) is 13.2. The summed E-state index contributed by atoms with van der Waals surface area (Å²) in [5.41, 5.74) is 1.21. The molecular weight excluding hydrogens is 262 g/mol. The lowest BCUT2D eigenvalue weighted by molar-refractivity contribution is 0.167.